The number of hydrogen-bond acceptors (Lipinski definition) is 6. The summed E-state index contributed by atoms with van der Waals surface area (Å²) in [4.78, 5) is 29.3. The molecule has 244 valence electrons. The minimum atomic E-state index is -1.78. The fourth-order valence-electron chi connectivity index (χ4n) is 6.21. The summed E-state index contributed by atoms with van der Waals surface area (Å²) in [5.41, 5.74) is 3.28. The number of aliphatic hydroxyl groups excluding tert-OH is 1. The van der Waals surface area contributed by atoms with Crippen LogP contribution in [0, 0.1) is 5.92 Å². The molecule has 5 aromatic rings. The van der Waals surface area contributed by atoms with Gasteiger partial charge in [0.15, 0.2) is 5.60 Å². The summed E-state index contributed by atoms with van der Waals surface area (Å²) in [6.45, 7) is 2.52. The molecule has 2 heterocycles. The van der Waals surface area contributed by atoms with Crippen LogP contribution in [0.25, 0.3) is 0 Å². The van der Waals surface area contributed by atoms with E-state index in [2.05, 4.69) is 26.2 Å². The second-order valence-electron chi connectivity index (χ2n) is 11.9. The number of carbonyl (C=O) groups is 2. The molecule has 48 heavy (non-hydrogen) atoms. The monoisotopic (exact) mass is 705 g/mol. The second kappa shape index (κ2) is 14.5. The predicted octanol–water partition coefficient (Wildman–Crippen LogP) is 6.48. The molecule has 0 saturated heterocycles. The maximum atomic E-state index is 14.1. The molecular formula is C38H36BrN5O4. The number of aliphatic hydroxyl groups is 2. The van der Waals surface area contributed by atoms with Crippen LogP contribution in [0.2, 0.25) is 0 Å². The van der Waals surface area contributed by atoms with Crippen LogP contribution in [-0.4, -0.2) is 44.1 Å². The SMILES string of the molecule is C[C@@H](/C=C/CCn1cc(C(CO)c2ccccc2)nn1)[C@]1(O)C(=O)N(Cc2cccc(N(C=O)c3ccccc3)c2)c2ccc(Br)cc21. The Morgan fingerprint density at radius 2 is 1.69 bits per heavy atom. The maximum absolute atomic E-state index is 14.1. The standard InChI is InChI=1S/C38H36BrN5O4/c1-27(11-8-9-20-42-24-35(40-41-42)33(25-45)29-13-4-2-5-14-29)38(48)34-22-30(39)18-19-36(34)43(37(38)47)23-28-12-10-17-32(21-28)44(26-46)31-15-6-3-7-16-31/h2-8,10-19,21-22,24,26-27,33,45,48H,9,20,23,25H2,1H3/b11-8+/t27-,33?,38+/m0/s1. The lowest BCUT2D eigenvalue weighted by Crippen LogP contribution is -2.44. The average molecular weight is 707 g/mol. The van der Waals surface area contributed by atoms with Crippen molar-refractivity contribution in [3.8, 4) is 0 Å². The normalized spacial score (nSPS) is 17.0. The van der Waals surface area contributed by atoms with Gasteiger partial charge >= 0.3 is 0 Å². The van der Waals surface area contributed by atoms with E-state index < -0.39 is 17.4 Å². The molecule has 1 aromatic heterocycles. The number of fused-ring (bicyclic) bond motifs is 1. The smallest absolute Gasteiger partial charge is 0.264 e. The van der Waals surface area contributed by atoms with E-state index in [1.54, 1.807) is 20.5 Å². The van der Waals surface area contributed by atoms with E-state index in [1.165, 1.54) is 0 Å². The van der Waals surface area contributed by atoms with Gasteiger partial charge in [0.05, 0.1) is 30.5 Å². The molecule has 0 spiro atoms. The predicted molar refractivity (Wildman–Crippen MR) is 189 cm³/mol. The van der Waals surface area contributed by atoms with Crippen molar-refractivity contribution in [3.63, 3.8) is 0 Å². The van der Waals surface area contributed by atoms with Crippen molar-refractivity contribution >= 4 is 45.3 Å². The molecule has 0 saturated carbocycles. The summed E-state index contributed by atoms with van der Waals surface area (Å²) < 4.78 is 2.49. The Morgan fingerprint density at radius 3 is 2.42 bits per heavy atom. The molecule has 3 atom stereocenters. The third-order valence-corrected chi connectivity index (χ3v) is 9.30. The van der Waals surface area contributed by atoms with Crippen molar-refractivity contribution in [2.75, 3.05) is 16.4 Å². The Kier molecular flexibility index (Phi) is 9.95. The minimum Gasteiger partial charge on any atom is -0.395 e. The van der Waals surface area contributed by atoms with E-state index in [0.29, 0.717) is 35.6 Å². The summed E-state index contributed by atoms with van der Waals surface area (Å²) in [5, 5.41) is 30.6. The Morgan fingerprint density at radius 1 is 0.958 bits per heavy atom. The molecule has 0 bridgehead atoms. The first-order valence-electron chi connectivity index (χ1n) is 15.8. The fraction of sp³-hybridized carbons (Fsp3) is 0.211. The van der Waals surface area contributed by atoms with Crippen LogP contribution in [0.4, 0.5) is 17.1 Å². The average Bonchev–Trinajstić information content (AvgIpc) is 3.66. The first-order chi connectivity index (χ1) is 23.3. The van der Waals surface area contributed by atoms with Gasteiger partial charge in [-0.2, -0.15) is 0 Å². The summed E-state index contributed by atoms with van der Waals surface area (Å²) in [5.74, 6) is -1.21. The van der Waals surface area contributed by atoms with Crippen LogP contribution in [0.3, 0.4) is 0 Å². The van der Waals surface area contributed by atoms with Crippen molar-refractivity contribution in [3.05, 3.63) is 148 Å². The summed E-state index contributed by atoms with van der Waals surface area (Å²) in [7, 11) is 0. The van der Waals surface area contributed by atoms with Crippen molar-refractivity contribution in [1.29, 1.82) is 0 Å². The number of aryl methyl sites for hydroxylation is 1. The lowest BCUT2D eigenvalue weighted by atomic mass is 9.83. The lowest BCUT2D eigenvalue weighted by molar-refractivity contribution is -0.139. The van der Waals surface area contributed by atoms with Crippen molar-refractivity contribution in [2.45, 2.75) is 38.0 Å². The van der Waals surface area contributed by atoms with Gasteiger partial charge in [-0.25, -0.2) is 0 Å². The number of amides is 2. The van der Waals surface area contributed by atoms with E-state index in [1.807, 2.05) is 122 Å². The third-order valence-electron chi connectivity index (χ3n) is 8.81. The Balaban J connectivity index is 1.17. The van der Waals surface area contributed by atoms with Gasteiger partial charge in [-0.05, 0) is 60.0 Å². The fourth-order valence-corrected chi connectivity index (χ4v) is 6.57. The van der Waals surface area contributed by atoms with E-state index in [0.717, 1.165) is 27.7 Å². The number of aromatic nitrogens is 3. The van der Waals surface area contributed by atoms with Gasteiger partial charge in [0.2, 0.25) is 6.41 Å². The van der Waals surface area contributed by atoms with Gasteiger partial charge in [-0.1, -0.05) is 101 Å². The molecule has 0 radical (unpaired) electrons. The van der Waals surface area contributed by atoms with E-state index >= 15 is 0 Å². The number of benzene rings is 4. The summed E-state index contributed by atoms with van der Waals surface area (Å²) in [6, 6.07) is 32.1. The molecule has 4 aromatic carbocycles. The van der Waals surface area contributed by atoms with Gasteiger partial charge < -0.3 is 15.1 Å². The molecule has 0 fully saturated rings. The summed E-state index contributed by atoms with van der Waals surface area (Å²) >= 11 is 3.52. The molecular weight excluding hydrogens is 670 g/mol. The molecule has 6 rings (SSSR count). The number of halogens is 1. The topological polar surface area (TPSA) is 112 Å². The minimum absolute atomic E-state index is 0.0718. The summed E-state index contributed by atoms with van der Waals surface area (Å²) in [6.07, 6.45) is 7.02. The van der Waals surface area contributed by atoms with Gasteiger partial charge in [0, 0.05) is 40.1 Å². The molecule has 10 heteroatoms. The third kappa shape index (κ3) is 6.60. The largest absolute Gasteiger partial charge is 0.395 e. The number of allylic oxidation sites excluding steroid dienone is 1. The van der Waals surface area contributed by atoms with Gasteiger partial charge in [0.25, 0.3) is 5.91 Å². The molecule has 1 unspecified atom stereocenters. The number of hydrogen-bond donors (Lipinski definition) is 2. The molecule has 1 aliphatic heterocycles. The molecule has 2 amide bonds. The number of anilines is 3. The van der Waals surface area contributed by atoms with Crippen molar-refractivity contribution in [2.24, 2.45) is 5.92 Å². The van der Waals surface area contributed by atoms with Crippen molar-refractivity contribution < 1.29 is 19.8 Å². The zero-order chi connectivity index (χ0) is 33.7. The highest BCUT2D eigenvalue weighted by molar-refractivity contribution is 9.10. The molecule has 1 aliphatic rings. The number of para-hydroxylation sites is 1. The van der Waals surface area contributed by atoms with Gasteiger partial charge in [-0.15, -0.1) is 5.10 Å². The van der Waals surface area contributed by atoms with Gasteiger partial charge in [-0.3, -0.25) is 19.2 Å². The number of rotatable bonds is 13. The lowest BCUT2D eigenvalue weighted by Gasteiger charge is -2.28. The molecule has 0 aliphatic carbocycles. The van der Waals surface area contributed by atoms with Crippen LogP contribution in [0.5, 0.6) is 0 Å². The van der Waals surface area contributed by atoms with Crippen LogP contribution < -0.4 is 9.80 Å². The highest BCUT2D eigenvalue weighted by Crippen LogP contribution is 2.47. The zero-order valence-electron chi connectivity index (χ0n) is 26.4. The quantitative estimate of drug-likeness (QED) is 0.107. The Hall–Kier alpha value is -4.90. The van der Waals surface area contributed by atoms with Crippen LogP contribution >= 0.6 is 15.9 Å². The van der Waals surface area contributed by atoms with Crippen molar-refractivity contribution in [1.82, 2.24) is 15.0 Å². The first kappa shape index (κ1) is 33.0. The highest BCUT2D eigenvalue weighted by Gasteiger charge is 2.52. The molecule has 2 N–H and O–H groups in total. The highest BCUT2D eigenvalue weighted by atomic mass is 79.9. The number of carbonyl (C=O) groups excluding carboxylic acids is 2. The second-order valence-corrected chi connectivity index (χ2v) is 12.8. The zero-order valence-corrected chi connectivity index (χ0v) is 28.0. The molecule has 9 nitrogen and oxygen atoms in total. The van der Waals surface area contributed by atoms with E-state index in [9.17, 15) is 19.8 Å². The number of nitrogens with zero attached hydrogens (tertiary/aromatic N) is 5. The van der Waals surface area contributed by atoms with Crippen LogP contribution in [0.1, 0.15) is 41.6 Å². The van der Waals surface area contributed by atoms with E-state index in [4.69, 9.17) is 0 Å². The Labute approximate surface area is 287 Å². The van der Waals surface area contributed by atoms with Gasteiger partial charge in [0.1, 0.15) is 0 Å². The Bertz CT molecular complexity index is 1920. The first-order valence-corrected chi connectivity index (χ1v) is 16.6. The van der Waals surface area contributed by atoms with Crippen LogP contribution in [-0.2, 0) is 28.3 Å². The van der Waals surface area contributed by atoms with E-state index in [-0.39, 0.29) is 19.1 Å². The maximum Gasteiger partial charge on any atom is 0.264 e. The van der Waals surface area contributed by atoms with Crippen LogP contribution in [0.15, 0.2) is 126 Å².